The SMILES string of the molecule is CC(C)C1COC(c2cccc3c2C2(CC3)CCc3cccc(P(c4cc(C(C)(C)C)cc(C(C)(C)C)c4)c4cc(C(C)(C)C)cc(C(C)(C)C)c4)c32)=N1. The molecule has 3 heteroatoms. The minimum atomic E-state index is -0.931. The fourth-order valence-electron chi connectivity index (χ4n) is 9.05. The maximum Gasteiger partial charge on any atom is 0.216 e. The Bertz CT molecular complexity index is 1960. The van der Waals surface area contributed by atoms with E-state index in [1.807, 2.05) is 0 Å². The average Bonchev–Trinajstić information content (AvgIpc) is 3.82. The van der Waals surface area contributed by atoms with Crippen molar-refractivity contribution in [3.8, 4) is 0 Å². The fraction of sp³-hybridized carbons (Fsp3) is 0.510. The molecule has 3 aliphatic rings. The largest absolute Gasteiger partial charge is 0.475 e. The van der Waals surface area contributed by atoms with Crippen LogP contribution in [0.1, 0.15) is 160 Å². The van der Waals surface area contributed by atoms with Gasteiger partial charge in [0.2, 0.25) is 5.90 Å². The molecule has 1 heterocycles. The average molecular weight is 740 g/mol. The second-order valence-electron chi connectivity index (χ2n) is 21.2. The third-order valence-corrected chi connectivity index (χ3v) is 15.0. The second kappa shape index (κ2) is 13.5. The van der Waals surface area contributed by atoms with Gasteiger partial charge in [0, 0.05) is 11.0 Å². The number of aliphatic imine (C=N–C) groups is 1. The number of rotatable bonds is 5. The molecule has 4 aromatic carbocycles. The van der Waals surface area contributed by atoms with Gasteiger partial charge in [-0.3, -0.25) is 0 Å². The lowest BCUT2D eigenvalue weighted by molar-refractivity contribution is 0.291. The summed E-state index contributed by atoms with van der Waals surface area (Å²) >= 11 is 0. The van der Waals surface area contributed by atoms with Crippen molar-refractivity contribution in [2.75, 3.05) is 6.61 Å². The van der Waals surface area contributed by atoms with Gasteiger partial charge in [-0.1, -0.05) is 164 Å². The van der Waals surface area contributed by atoms with Crippen LogP contribution in [-0.4, -0.2) is 18.5 Å². The number of nitrogens with zero attached hydrogens (tertiary/aromatic N) is 1. The van der Waals surface area contributed by atoms with E-state index in [9.17, 15) is 0 Å². The number of hydrogen-bond donors (Lipinski definition) is 0. The third-order valence-electron chi connectivity index (χ3n) is 12.6. The molecule has 286 valence electrons. The molecule has 0 aromatic heterocycles. The number of fused-ring (bicyclic) bond motifs is 4. The van der Waals surface area contributed by atoms with E-state index in [0.29, 0.717) is 12.5 Å². The van der Waals surface area contributed by atoms with E-state index in [4.69, 9.17) is 9.73 Å². The number of hydrogen-bond acceptors (Lipinski definition) is 2. The summed E-state index contributed by atoms with van der Waals surface area (Å²) in [6.07, 6.45) is 4.47. The lowest BCUT2D eigenvalue weighted by Crippen LogP contribution is -2.34. The molecule has 0 bridgehead atoms. The molecule has 0 saturated heterocycles. The van der Waals surface area contributed by atoms with Crippen molar-refractivity contribution >= 4 is 29.7 Å². The summed E-state index contributed by atoms with van der Waals surface area (Å²) in [5.41, 5.74) is 13.1. The summed E-state index contributed by atoms with van der Waals surface area (Å²) in [6.45, 7) is 33.7. The maximum atomic E-state index is 6.48. The van der Waals surface area contributed by atoms with Crippen molar-refractivity contribution in [2.45, 2.75) is 156 Å². The molecule has 0 saturated carbocycles. The first kappa shape index (κ1) is 39.0. The standard InChI is InChI=1S/C51H66NOP/c1-32(2)42-31-53-46(52-42)41-19-15-17-33-21-23-51(44(33)41)24-22-34-18-16-20-43(45(34)51)54(39-27-35(47(3,4)5)25-36(28-39)48(6,7)8)40-29-37(49(9,10)11)26-38(30-40)50(12,13)14/h15-20,25-30,32,42H,21-24,31H2,1-14H3. The van der Waals surface area contributed by atoms with Gasteiger partial charge < -0.3 is 4.74 Å². The summed E-state index contributed by atoms with van der Waals surface area (Å²) in [5.74, 6) is 1.32. The zero-order chi connectivity index (χ0) is 39.2. The number of ether oxygens (including phenoxy) is 1. The molecule has 0 N–H and O–H groups in total. The molecule has 4 aromatic rings. The molecule has 0 amide bonds. The highest BCUT2D eigenvalue weighted by Gasteiger charge is 2.49. The van der Waals surface area contributed by atoms with E-state index in [2.05, 4.69) is 170 Å². The molecule has 0 radical (unpaired) electrons. The molecule has 7 rings (SSSR count). The number of aryl methyl sites for hydroxylation is 2. The first-order valence-corrected chi connectivity index (χ1v) is 22.0. The van der Waals surface area contributed by atoms with E-state index in [-0.39, 0.29) is 33.1 Å². The summed E-state index contributed by atoms with van der Waals surface area (Å²) in [4.78, 5) is 5.23. The summed E-state index contributed by atoms with van der Waals surface area (Å²) in [6, 6.07) is 29.8. The first-order valence-electron chi connectivity index (χ1n) is 20.7. The van der Waals surface area contributed by atoms with Gasteiger partial charge in [0.1, 0.15) is 6.61 Å². The highest BCUT2D eigenvalue weighted by atomic mass is 31.1. The maximum absolute atomic E-state index is 6.48. The lowest BCUT2D eigenvalue weighted by Gasteiger charge is -2.35. The molecule has 2 unspecified atom stereocenters. The van der Waals surface area contributed by atoms with Crippen LogP contribution >= 0.6 is 7.92 Å². The minimum absolute atomic E-state index is 0.0237. The van der Waals surface area contributed by atoms with Crippen molar-refractivity contribution in [1.29, 1.82) is 0 Å². The van der Waals surface area contributed by atoms with Crippen molar-refractivity contribution in [3.63, 3.8) is 0 Å². The molecular formula is C51H66NOP. The van der Waals surface area contributed by atoms with Crippen molar-refractivity contribution in [2.24, 2.45) is 10.9 Å². The molecule has 0 fully saturated rings. The van der Waals surface area contributed by atoms with E-state index in [1.165, 1.54) is 60.4 Å². The molecule has 2 aliphatic carbocycles. The fourth-order valence-corrected chi connectivity index (χ4v) is 11.8. The van der Waals surface area contributed by atoms with Crippen molar-refractivity contribution in [1.82, 2.24) is 0 Å². The molecule has 1 spiro atoms. The van der Waals surface area contributed by atoms with Crippen LogP contribution in [-0.2, 0) is 44.7 Å². The zero-order valence-electron chi connectivity index (χ0n) is 35.9. The Morgan fingerprint density at radius 1 is 0.611 bits per heavy atom. The molecule has 54 heavy (non-hydrogen) atoms. The van der Waals surface area contributed by atoms with Gasteiger partial charge in [-0.15, -0.1) is 0 Å². The van der Waals surface area contributed by atoms with Gasteiger partial charge in [0.15, 0.2) is 0 Å². The Morgan fingerprint density at radius 2 is 1.06 bits per heavy atom. The lowest BCUT2D eigenvalue weighted by atomic mass is 9.74. The summed E-state index contributed by atoms with van der Waals surface area (Å²) < 4.78 is 6.48. The van der Waals surface area contributed by atoms with E-state index < -0.39 is 7.92 Å². The van der Waals surface area contributed by atoms with Crippen LogP contribution in [0.15, 0.2) is 77.8 Å². The highest BCUT2D eigenvalue weighted by Crippen LogP contribution is 2.55. The van der Waals surface area contributed by atoms with E-state index >= 15 is 0 Å². The smallest absolute Gasteiger partial charge is 0.216 e. The Hall–Kier alpha value is -3.22. The van der Waals surface area contributed by atoms with E-state index in [0.717, 1.165) is 31.6 Å². The van der Waals surface area contributed by atoms with Crippen molar-refractivity contribution in [3.05, 3.63) is 123 Å². The van der Waals surface area contributed by atoms with Crippen LogP contribution in [0.5, 0.6) is 0 Å². The first-order chi connectivity index (χ1) is 25.1. The molecule has 2 atom stereocenters. The van der Waals surface area contributed by atoms with Gasteiger partial charge in [-0.05, 0) is 128 Å². The second-order valence-corrected chi connectivity index (χ2v) is 23.3. The van der Waals surface area contributed by atoms with Gasteiger partial charge in [-0.2, -0.15) is 0 Å². The molecule has 1 aliphatic heterocycles. The Kier molecular flexibility index (Phi) is 9.74. The monoisotopic (exact) mass is 739 g/mol. The topological polar surface area (TPSA) is 21.6 Å². The molecular weight excluding hydrogens is 674 g/mol. The van der Waals surface area contributed by atoms with Gasteiger partial charge in [0.05, 0.1) is 6.04 Å². The predicted octanol–water partition coefficient (Wildman–Crippen LogP) is 11.6. The predicted molar refractivity (Wildman–Crippen MR) is 235 cm³/mol. The van der Waals surface area contributed by atoms with Gasteiger partial charge in [-0.25, -0.2) is 4.99 Å². The Morgan fingerprint density at radius 3 is 1.48 bits per heavy atom. The van der Waals surface area contributed by atoms with Crippen molar-refractivity contribution < 1.29 is 4.74 Å². The Balaban J connectivity index is 1.55. The van der Waals surface area contributed by atoms with Crippen LogP contribution in [0.25, 0.3) is 0 Å². The number of benzene rings is 4. The third kappa shape index (κ3) is 7.04. The summed E-state index contributed by atoms with van der Waals surface area (Å²) in [7, 11) is -0.931. The quantitative estimate of drug-likeness (QED) is 0.187. The van der Waals surface area contributed by atoms with Gasteiger partial charge >= 0.3 is 0 Å². The molecule has 2 nitrogen and oxygen atoms in total. The Labute approximate surface area is 329 Å². The highest BCUT2D eigenvalue weighted by molar-refractivity contribution is 7.80. The zero-order valence-corrected chi connectivity index (χ0v) is 36.8. The normalized spacial score (nSPS) is 20.1. The van der Waals surface area contributed by atoms with Crippen LogP contribution in [0.3, 0.4) is 0 Å². The van der Waals surface area contributed by atoms with Crippen LogP contribution in [0.2, 0.25) is 0 Å². The minimum Gasteiger partial charge on any atom is -0.475 e. The van der Waals surface area contributed by atoms with Crippen LogP contribution in [0.4, 0.5) is 0 Å². The van der Waals surface area contributed by atoms with Crippen LogP contribution in [0, 0.1) is 5.92 Å². The van der Waals surface area contributed by atoms with E-state index in [1.54, 1.807) is 5.56 Å². The van der Waals surface area contributed by atoms with Gasteiger partial charge in [0.25, 0.3) is 0 Å². The van der Waals surface area contributed by atoms with Crippen LogP contribution < -0.4 is 15.9 Å². The summed E-state index contributed by atoms with van der Waals surface area (Å²) in [5, 5.41) is 4.48.